The zero-order valence-corrected chi connectivity index (χ0v) is 8.24. The molecule has 0 N–H and O–H groups in total. The van der Waals surface area contributed by atoms with Gasteiger partial charge in [-0.25, -0.2) is 0 Å². The van der Waals surface area contributed by atoms with Crippen LogP contribution in [0.5, 0.6) is 5.75 Å². The number of benzene rings is 1. The first-order valence-electron chi connectivity index (χ1n) is 4.41. The summed E-state index contributed by atoms with van der Waals surface area (Å²) in [5, 5.41) is 0. The van der Waals surface area contributed by atoms with Gasteiger partial charge in [0, 0.05) is 11.1 Å². The van der Waals surface area contributed by atoms with Crippen molar-refractivity contribution in [2.75, 3.05) is 6.61 Å². The highest BCUT2D eigenvalue weighted by Gasteiger charge is 2.04. The van der Waals surface area contributed by atoms with Crippen LogP contribution in [-0.2, 0) is 0 Å². The van der Waals surface area contributed by atoms with Crippen molar-refractivity contribution in [1.82, 2.24) is 0 Å². The molecule has 0 aliphatic carbocycles. The maximum absolute atomic E-state index is 11.1. The Morgan fingerprint density at radius 2 is 2.14 bits per heavy atom. The van der Waals surface area contributed by atoms with Crippen molar-refractivity contribution >= 4 is 12.1 Å². The van der Waals surface area contributed by atoms with Gasteiger partial charge in [0.05, 0.1) is 6.61 Å². The Morgan fingerprint density at radius 1 is 1.43 bits per heavy atom. The fourth-order valence-electron chi connectivity index (χ4n) is 1.14. The molecule has 0 saturated carbocycles. The number of Topliss-reactive ketones (excluding diaryl/α,β-unsaturated/α-hetero) is 1. The van der Waals surface area contributed by atoms with E-state index in [1.807, 2.05) is 6.92 Å². The van der Waals surface area contributed by atoms with Crippen LogP contribution in [-0.4, -0.2) is 18.7 Å². The highest BCUT2D eigenvalue weighted by molar-refractivity contribution is 5.96. The third kappa shape index (κ3) is 2.42. The number of carbonyl (C=O) groups excluding carboxylic acids is 2. The van der Waals surface area contributed by atoms with Gasteiger partial charge in [0.1, 0.15) is 12.0 Å². The lowest BCUT2D eigenvalue weighted by atomic mass is 10.1. The molecule has 0 unspecified atom stereocenters. The second kappa shape index (κ2) is 4.56. The molecule has 3 nitrogen and oxygen atoms in total. The van der Waals surface area contributed by atoms with Gasteiger partial charge < -0.3 is 4.74 Å². The topological polar surface area (TPSA) is 43.4 Å². The summed E-state index contributed by atoms with van der Waals surface area (Å²) in [6.45, 7) is 3.82. The molecule has 14 heavy (non-hydrogen) atoms. The first-order valence-corrected chi connectivity index (χ1v) is 4.41. The van der Waals surface area contributed by atoms with Crippen LogP contribution in [0.15, 0.2) is 18.2 Å². The first kappa shape index (κ1) is 10.4. The van der Waals surface area contributed by atoms with E-state index < -0.39 is 0 Å². The van der Waals surface area contributed by atoms with Crippen molar-refractivity contribution in [1.29, 1.82) is 0 Å². The van der Waals surface area contributed by atoms with Gasteiger partial charge in [-0.3, -0.25) is 9.59 Å². The predicted octanol–water partition coefficient (Wildman–Crippen LogP) is 2.10. The van der Waals surface area contributed by atoms with Crippen LogP contribution in [0.4, 0.5) is 0 Å². The Kier molecular flexibility index (Phi) is 3.40. The molecule has 1 rings (SSSR count). The number of rotatable bonds is 4. The monoisotopic (exact) mass is 192 g/mol. The summed E-state index contributed by atoms with van der Waals surface area (Å²) < 4.78 is 5.23. The minimum Gasteiger partial charge on any atom is -0.494 e. The van der Waals surface area contributed by atoms with Crippen LogP contribution in [0.3, 0.4) is 0 Å². The fourth-order valence-corrected chi connectivity index (χ4v) is 1.14. The van der Waals surface area contributed by atoms with E-state index in [-0.39, 0.29) is 5.78 Å². The summed E-state index contributed by atoms with van der Waals surface area (Å²) in [7, 11) is 0. The van der Waals surface area contributed by atoms with Crippen LogP contribution in [0.25, 0.3) is 0 Å². The van der Waals surface area contributed by atoms with Crippen LogP contribution in [0, 0.1) is 0 Å². The Bertz CT molecular complexity index is 356. The summed E-state index contributed by atoms with van der Waals surface area (Å²) in [5.74, 6) is 0.483. The van der Waals surface area contributed by atoms with Crippen molar-refractivity contribution in [2.24, 2.45) is 0 Å². The maximum Gasteiger partial charge on any atom is 0.159 e. The predicted molar refractivity (Wildman–Crippen MR) is 53.0 cm³/mol. The highest BCUT2D eigenvalue weighted by Crippen LogP contribution is 2.16. The van der Waals surface area contributed by atoms with E-state index in [9.17, 15) is 9.59 Å². The van der Waals surface area contributed by atoms with Crippen molar-refractivity contribution in [3.8, 4) is 5.75 Å². The summed E-state index contributed by atoms with van der Waals surface area (Å²) in [6, 6.07) is 4.81. The largest absolute Gasteiger partial charge is 0.494 e. The van der Waals surface area contributed by atoms with Crippen molar-refractivity contribution < 1.29 is 14.3 Å². The van der Waals surface area contributed by atoms with E-state index in [2.05, 4.69) is 0 Å². The minimum atomic E-state index is -0.0744. The molecule has 1 aromatic rings. The van der Waals surface area contributed by atoms with Gasteiger partial charge >= 0.3 is 0 Å². The number of ether oxygens (including phenoxy) is 1. The average molecular weight is 192 g/mol. The number of hydrogen-bond donors (Lipinski definition) is 0. The third-order valence-corrected chi connectivity index (χ3v) is 1.78. The summed E-state index contributed by atoms with van der Waals surface area (Å²) >= 11 is 0. The number of aldehydes is 1. The Hall–Kier alpha value is -1.64. The van der Waals surface area contributed by atoms with E-state index >= 15 is 0 Å². The van der Waals surface area contributed by atoms with Gasteiger partial charge in [-0.1, -0.05) is 0 Å². The molecule has 0 spiro atoms. The van der Waals surface area contributed by atoms with E-state index in [0.717, 1.165) is 0 Å². The van der Waals surface area contributed by atoms with Crippen molar-refractivity contribution in [3.05, 3.63) is 29.3 Å². The molecule has 0 amide bonds. The second-order valence-corrected chi connectivity index (χ2v) is 2.90. The fraction of sp³-hybridized carbons (Fsp3) is 0.273. The van der Waals surface area contributed by atoms with Crippen LogP contribution < -0.4 is 4.74 Å². The lowest BCUT2D eigenvalue weighted by molar-refractivity contribution is 0.101. The first-order chi connectivity index (χ1) is 6.67. The molecule has 0 saturated heterocycles. The lowest BCUT2D eigenvalue weighted by Gasteiger charge is -2.05. The van der Waals surface area contributed by atoms with Crippen molar-refractivity contribution in [3.63, 3.8) is 0 Å². The molecule has 0 aromatic heterocycles. The van der Waals surface area contributed by atoms with E-state index in [0.29, 0.717) is 29.8 Å². The molecule has 74 valence electrons. The molecule has 0 aliphatic rings. The summed E-state index contributed by atoms with van der Waals surface area (Å²) in [4.78, 5) is 21.7. The number of hydrogen-bond acceptors (Lipinski definition) is 3. The summed E-state index contributed by atoms with van der Waals surface area (Å²) in [5.41, 5.74) is 0.958. The van der Waals surface area contributed by atoms with Gasteiger partial charge in [-0.05, 0) is 32.0 Å². The number of carbonyl (C=O) groups is 2. The second-order valence-electron chi connectivity index (χ2n) is 2.90. The van der Waals surface area contributed by atoms with E-state index in [1.165, 1.54) is 6.92 Å². The summed E-state index contributed by atoms with van der Waals surface area (Å²) in [6.07, 6.45) is 0.703. The molecule has 0 aliphatic heterocycles. The molecular formula is C11H12O3. The third-order valence-electron chi connectivity index (χ3n) is 1.78. The zero-order chi connectivity index (χ0) is 10.6. The molecule has 3 heteroatoms. The van der Waals surface area contributed by atoms with E-state index in [4.69, 9.17) is 4.74 Å². The average Bonchev–Trinajstić information content (AvgIpc) is 2.17. The van der Waals surface area contributed by atoms with Crippen LogP contribution in [0.2, 0.25) is 0 Å². The van der Waals surface area contributed by atoms with Gasteiger partial charge in [-0.2, -0.15) is 0 Å². The van der Waals surface area contributed by atoms with Crippen LogP contribution >= 0.6 is 0 Å². The molecule has 1 aromatic carbocycles. The highest BCUT2D eigenvalue weighted by atomic mass is 16.5. The SMILES string of the molecule is CCOc1cc(C=O)cc(C(C)=O)c1. The normalized spacial score (nSPS) is 9.57. The Morgan fingerprint density at radius 3 is 2.64 bits per heavy atom. The Balaban J connectivity index is 3.12. The van der Waals surface area contributed by atoms with Gasteiger partial charge in [0.25, 0.3) is 0 Å². The molecular weight excluding hydrogens is 180 g/mol. The molecule has 0 radical (unpaired) electrons. The van der Waals surface area contributed by atoms with Crippen LogP contribution in [0.1, 0.15) is 34.6 Å². The maximum atomic E-state index is 11.1. The van der Waals surface area contributed by atoms with E-state index in [1.54, 1.807) is 18.2 Å². The van der Waals surface area contributed by atoms with Gasteiger partial charge in [0.15, 0.2) is 5.78 Å². The Labute approximate surface area is 82.7 Å². The smallest absolute Gasteiger partial charge is 0.159 e. The quantitative estimate of drug-likeness (QED) is 0.542. The van der Waals surface area contributed by atoms with Crippen molar-refractivity contribution in [2.45, 2.75) is 13.8 Å². The standard InChI is InChI=1S/C11H12O3/c1-3-14-11-5-9(7-12)4-10(6-11)8(2)13/h4-7H,3H2,1-2H3. The lowest BCUT2D eigenvalue weighted by Crippen LogP contribution is -1.98. The zero-order valence-electron chi connectivity index (χ0n) is 8.24. The number of ketones is 1. The molecule has 0 atom stereocenters. The molecule has 0 fully saturated rings. The van der Waals surface area contributed by atoms with Gasteiger partial charge in [-0.15, -0.1) is 0 Å². The van der Waals surface area contributed by atoms with Gasteiger partial charge in [0.2, 0.25) is 0 Å². The minimum absolute atomic E-state index is 0.0744. The molecule has 0 heterocycles. The molecule has 0 bridgehead atoms.